The Morgan fingerprint density at radius 2 is 2.00 bits per heavy atom. The van der Waals surface area contributed by atoms with Gasteiger partial charge in [0.15, 0.2) is 0 Å². The molecule has 0 heterocycles. The van der Waals surface area contributed by atoms with E-state index >= 15 is 0 Å². The van der Waals surface area contributed by atoms with Gasteiger partial charge in [0.2, 0.25) is 0 Å². The molecule has 11 heavy (non-hydrogen) atoms. The first-order valence-corrected chi connectivity index (χ1v) is 4.15. The van der Waals surface area contributed by atoms with Crippen molar-refractivity contribution in [1.82, 2.24) is 5.32 Å². The number of nitrogens with zero attached hydrogens (tertiary/aromatic N) is 1. The van der Waals surface area contributed by atoms with Crippen molar-refractivity contribution in [2.75, 3.05) is 6.54 Å². The third-order valence-electron chi connectivity index (χ3n) is 1.59. The lowest BCUT2D eigenvalue weighted by atomic mass is 9.88. The first-order chi connectivity index (χ1) is 5.02. The first kappa shape index (κ1) is 10.4. The molecule has 0 saturated heterocycles. The minimum absolute atomic E-state index is 0.0255. The van der Waals surface area contributed by atoms with Crippen LogP contribution in [0, 0.1) is 16.7 Å². The molecule has 0 aromatic heterocycles. The SMILES string of the molecule is CCCNC(C#N)C(C)(C)C. The molecule has 0 aliphatic carbocycles. The molecule has 2 heteroatoms. The minimum atomic E-state index is -0.0255. The predicted molar refractivity (Wildman–Crippen MR) is 47.1 cm³/mol. The standard InChI is InChI=1S/C9H18N2/c1-5-6-11-8(7-10)9(2,3)4/h8,11H,5-6H2,1-4H3. The summed E-state index contributed by atoms with van der Waals surface area (Å²) in [7, 11) is 0. The zero-order valence-corrected chi connectivity index (χ0v) is 7.94. The average Bonchev–Trinajstić information content (AvgIpc) is 1.87. The lowest BCUT2D eigenvalue weighted by Crippen LogP contribution is -2.39. The lowest BCUT2D eigenvalue weighted by Gasteiger charge is -2.25. The minimum Gasteiger partial charge on any atom is -0.302 e. The highest BCUT2D eigenvalue weighted by Gasteiger charge is 2.22. The summed E-state index contributed by atoms with van der Waals surface area (Å²) in [6.45, 7) is 9.25. The fourth-order valence-electron chi connectivity index (χ4n) is 0.834. The van der Waals surface area contributed by atoms with E-state index in [0.717, 1.165) is 13.0 Å². The molecule has 0 spiro atoms. The van der Waals surface area contributed by atoms with Gasteiger partial charge in [0.25, 0.3) is 0 Å². The second kappa shape index (κ2) is 4.35. The van der Waals surface area contributed by atoms with E-state index in [0.29, 0.717) is 0 Å². The van der Waals surface area contributed by atoms with E-state index in [-0.39, 0.29) is 11.5 Å². The van der Waals surface area contributed by atoms with Gasteiger partial charge in [-0.25, -0.2) is 0 Å². The van der Waals surface area contributed by atoms with Crippen molar-refractivity contribution in [3.63, 3.8) is 0 Å². The van der Waals surface area contributed by atoms with Crippen molar-refractivity contribution in [2.45, 2.75) is 40.2 Å². The Balaban J connectivity index is 3.89. The topological polar surface area (TPSA) is 35.8 Å². The highest BCUT2D eigenvalue weighted by molar-refractivity contribution is 4.97. The fourth-order valence-corrected chi connectivity index (χ4v) is 0.834. The Morgan fingerprint density at radius 3 is 2.27 bits per heavy atom. The van der Waals surface area contributed by atoms with Crippen LogP contribution in [0.4, 0.5) is 0 Å². The van der Waals surface area contributed by atoms with Crippen LogP contribution in [0.25, 0.3) is 0 Å². The molecule has 0 saturated carbocycles. The van der Waals surface area contributed by atoms with Gasteiger partial charge in [-0.2, -0.15) is 5.26 Å². The maximum absolute atomic E-state index is 8.78. The number of nitrogens with one attached hydrogen (secondary N) is 1. The number of rotatable bonds is 3. The molecule has 0 aliphatic heterocycles. The van der Waals surface area contributed by atoms with Crippen molar-refractivity contribution in [3.8, 4) is 6.07 Å². The third-order valence-corrected chi connectivity index (χ3v) is 1.59. The first-order valence-electron chi connectivity index (χ1n) is 4.15. The number of nitriles is 1. The van der Waals surface area contributed by atoms with Crippen LogP contribution in [0.5, 0.6) is 0 Å². The van der Waals surface area contributed by atoms with Gasteiger partial charge in [-0.15, -0.1) is 0 Å². The normalized spacial score (nSPS) is 14.1. The van der Waals surface area contributed by atoms with E-state index in [1.807, 2.05) is 0 Å². The molecule has 64 valence electrons. The molecule has 1 unspecified atom stereocenters. The summed E-state index contributed by atoms with van der Waals surface area (Å²) in [5.41, 5.74) is 0.0456. The van der Waals surface area contributed by atoms with Crippen molar-refractivity contribution in [2.24, 2.45) is 5.41 Å². The van der Waals surface area contributed by atoms with E-state index < -0.39 is 0 Å². The van der Waals surface area contributed by atoms with Gasteiger partial charge in [0.05, 0.1) is 6.07 Å². The number of hydrogen-bond acceptors (Lipinski definition) is 2. The van der Waals surface area contributed by atoms with Crippen LogP contribution in [0.15, 0.2) is 0 Å². The van der Waals surface area contributed by atoms with Crippen molar-refractivity contribution in [3.05, 3.63) is 0 Å². The largest absolute Gasteiger partial charge is 0.302 e. The quantitative estimate of drug-likeness (QED) is 0.674. The molecular formula is C9H18N2. The van der Waals surface area contributed by atoms with Crippen LogP contribution in [0.1, 0.15) is 34.1 Å². The van der Waals surface area contributed by atoms with Crippen molar-refractivity contribution < 1.29 is 0 Å². The average molecular weight is 154 g/mol. The van der Waals surface area contributed by atoms with Gasteiger partial charge in [-0.1, -0.05) is 27.7 Å². The molecule has 0 aromatic carbocycles. The monoisotopic (exact) mass is 154 g/mol. The van der Waals surface area contributed by atoms with Gasteiger partial charge in [0.1, 0.15) is 6.04 Å². The summed E-state index contributed by atoms with van der Waals surface area (Å²) in [6, 6.07) is 2.24. The molecule has 0 aliphatic rings. The Morgan fingerprint density at radius 1 is 1.45 bits per heavy atom. The molecule has 1 atom stereocenters. The summed E-state index contributed by atoms with van der Waals surface area (Å²) in [5.74, 6) is 0. The molecular weight excluding hydrogens is 136 g/mol. The van der Waals surface area contributed by atoms with Crippen molar-refractivity contribution >= 4 is 0 Å². The van der Waals surface area contributed by atoms with Gasteiger partial charge in [-0.3, -0.25) is 0 Å². The highest BCUT2D eigenvalue weighted by atomic mass is 14.9. The van der Waals surface area contributed by atoms with E-state index in [1.54, 1.807) is 0 Å². The van der Waals surface area contributed by atoms with Crippen LogP contribution >= 0.6 is 0 Å². The molecule has 0 radical (unpaired) electrons. The summed E-state index contributed by atoms with van der Waals surface area (Å²) >= 11 is 0. The smallest absolute Gasteiger partial charge is 0.100 e. The summed E-state index contributed by atoms with van der Waals surface area (Å²) in [4.78, 5) is 0. The van der Waals surface area contributed by atoms with E-state index in [2.05, 4.69) is 39.1 Å². The van der Waals surface area contributed by atoms with Gasteiger partial charge >= 0.3 is 0 Å². The summed E-state index contributed by atoms with van der Waals surface area (Å²) in [5, 5.41) is 12.0. The van der Waals surface area contributed by atoms with Crippen molar-refractivity contribution in [1.29, 1.82) is 5.26 Å². The van der Waals surface area contributed by atoms with Crippen LogP contribution in [0.2, 0.25) is 0 Å². The molecule has 0 bridgehead atoms. The molecule has 2 nitrogen and oxygen atoms in total. The van der Waals surface area contributed by atoms with E-state index in [4.69, 9.17) is 5.26 Å². The Kier molecular flexibility index (Phi) is 4.14. The van der Waals surface area contributed by atoms with Gasteiger partial charge in [0, 0.05) is 0 Å². The Hall–Kier alpha value is -0.550. The predicted octanol–water partition coefficient (Wildman–Crippen LogP) is 1.92. The molecule has 1 N–H and O–H groups in total. The van der Waals surface area contributed by atoms with Crippen LogP contribution in [0.3, 0.4) is 0 Å². The molecule has 0 fully saturated rings. The van der Waals surface area contributed by atoms with Crippen LogP contribution in [-0.2, 0) is 0 Å². The summed E-state index contributed by atoms with van der Waals surface area (Å²) in [6.07, 6.45) is 1.08. The fraction of sp³-hybridized carbons (Fsp3) is 0.889. The van der Waals surface area contributed by atoms with Crippen LogP contribution in [-0.4, -0.2) is 12.6 Å². The maximum atomic E-state index is 8.78. The Bertz CT molecular complexity index is 139. The van der Waals surface area contributed by atoms with Crippen LogP contribution < -0.4 is 5.32 Å². The lowest BCUT2D eigenvalue weighted by molar-refractivity contribution is 0.320. The third kappa shape index (κ3) is 4.00. The number of hydrogen-bond donors (Lipinski definition) is 1. The van der Waals surface area contributed by atoms with E-state index in [9.17, 15) is 0 Å². The van der Waals surface area contributed by atoms with Gasteiger partial charge < -0.3 is 5.32 Å². The Labute approximate surface area is 69.6 Å². The van der Waals surface area contributed by atoms with E-state index in [1.165, 1.54) is 0 Å². The second-order valence-corrected chi connectivity index (χ2v) is 3.88. The van der Waals surface area contributed by atoms with Gasteiger partial charge in [-0.05, 0) is 18.4 Å². The molecule has 0 aromatic rings. The molecule has 0 rings (SSSR count). The molecule has 0 amide bonds. The zero-order chi connectivity index (χ0) is 8.91. The zero-order valence-electron chi connectivity index (χ0n) is 7.94. The summed E-state index contributed by atoms with van der Waals surface area (Å²) < 4.78 is 0. The maximum Gasteiger partial charge on any atom is 0.100 e. The highest BCUT2D eigenvalue weighted by Crippen LogP contribution is 2.18. The second-order valence-electron chi connectivity index (χ2n) is 3.88.